The van der Waals surface area contributed by atoms with Gasteiger partial charge in [-0.25, -0.2) is 0 Å². The summed E-state index contributed by atoms with van der Waals surface area (Å²) in [6.45, 7) is 12.5. The molecule has 8 N–H and O–H groups in total. The van der Waals surface area contributed by atoms with E-state index in [0.717, 1.165) is 25.7 Å². The van der Waals surface area contributed by atoms with Crippen LogP contribution in [-0.2, 0) is 9.47 Å². The van der Waals surface area contributed by atoms with Gasteiger partial charge in [0.05, 0.1) is 38.1 Å². The molecule has 1 aliphatic heterocycles. The summed E-state index contributed by atoms with van der Waals surface area (Å²) in [6, 6.07) is 0. The lowest BCUT2D eigenvalue weighted by atomic mass is 9.33. The van der Waals surface area contributed by atoms with Crippen molar-refractivity contribution in [2.24, 2.45) is 50.2 Å². The van der Waals surface area contributed by atoms with Gasteiger partial charge in [-0.2, -0.15) is 0 Å². The predicted octanol–water partition coefficient (Wildman–Crippen LogP) is 1.88. The Hall–Kier alpha value is -0.660. The van der Waals surface area contributed by atoms with Crippen LogP contribution in [0.5, 0.6) is 0 Å². The molecule has 0 spiro atoms. The number of hydrogen-bond acceptors (Lipinski definition) is 10. The highest BCUT2D eigenvalue weighted by Gasteiger charge is 2.71. The van der Waals surface area contributed by atoms with E-state index in [4.69, 9.17) is 9.47 Å². The number of aliphatic hydroxyl groups is 8. The molecule has 10 nitrogen and oxygen atoms in total. The summed E-state index contributed by atoms with van der Waals surface area (Å²) >= 11 is 0. The molecule has 10 heteroatoms. The second kappa shape index (κ2) is 11.4. The van der Waals surface area contributed by atoms with E-state index >= 15 is 0 Å². The van der Waals surface area contributed by atoms with Crippen LogP contribution in [0.25, 0.3) is 0 Å². The van der Waals surface area contributed by atoms with Crippen LogP contribution in [0.4, 0.5) is 0 Å². The third-order valence-corrected chi connectivity index (χ3v) is 15.6. The zero-order valence-corrected chi connectivity index (χ0v) is 28.6. The van der Waals surface area contributed by atoms with Gasteiger partial charge < -0.3 is 50.3 Å². The molecule has 0 aromatic heterocycles. The second-order valence-electron chi connectivity index (χ2n) is 17.9. The monoisotopic (exact) mass is 652 g/mol. The summed E-state index contributed by atoms with van der Waals surface area (Å²) in [6.07, 6.45) is -0.672. The van der Waals surface area contributed by atoms with Gasteiger partial charge in [0, 0.05) is 10.8 Å². The molecule has 264 valence electrons. The maximum absolute atomic E-state index is 12.2. The van der Waals surface area contributed by atoms with Crippen molar-refractivity contribution in [2.45, 2.75) is 142 Å². The number of fused-ring (bicyclic) bond motifs is 7. The molecule has 0 bridgehead atoms. The Morgan fingerprint density at radius 1 is 0.783 bits per heavy atom. The first-order valence-electron chi connectivity index (χ1n) is 17.6. The standard InChI is InChI=1S/C36H60O10/c1-31(2)13-20-19-7-8-23-32(3)11-10-24(40)33(4,17-38)22(32)9-12-34(23,5)35(19,6)14-25(41)36(20,18-39)15-26(31)46-30-29(44)28(43)27(42)21(16-37)45-30/h7,20-30,37-44H,8-18H2,1-6H3/t20-,21+,22+,23+,24-,25-,26?,27+,28-,29+,30-,32-,33-,34+,35+,36+/m0/s1. The van der Waals surface area contributed by atoms with E-state index in [0.29, 0.717) is 31.6 Å². The van der Waals surface area contributed by atoms with Gasteiger partial charge in [-0.15, -0.1) is 0 Å². The molecule has 1 saturated heterocycles. The van der Waals surface area contributed by atoms with Crippen LogP contribution in [0.2, 0.25) is 0 Å². The summed E-state index contributed by atoms with van der Waals surface area (Å²) in [5, 5.41) is 86.1. The van der Waals surface area contributed by atoms with Crippen LogP contribution in [0.3, 0.4) is 0 Å². The van der Waals surface area contributed by atoms with Crippen molar-refractivity contribution in [2.75, 3.05) is 19.8 Å². The van der Waals surface area contributed by atoms with Crippen LogP contribution in [0.15, 0.2) is 11.6 Å². The van der Waals surface area contributed by atoms with Gasteiger partial charge >= 0.3 is 0 Å². The summed E-state index contributed by atoms with van der Waals surface area (Å²) in [5.41, 5.74) is -1.09. The van der Waals surface area contributed by atoms with Gasteiger partial charge in [0.15, 0.2) is 6.29 Å². The lowest BCUT2D eigenvalue weighted by Gasteiger charge is -2.72. The van der Waals surface area contributed by atoms with E-state index in [1.807, 2.05) is 0 Å². The smallest absolute Gasteiger partial charge is 0.186 e. The zero-order valence-electron chi connectivity index (χ0n) is 28.6. The topological polar surface area (TPSA) is 180 Å². The average Bonchev–Trinajstić information content (AvgIpc) is 3.00. The normalized spacial score (nSPS) is 56.6. The zero-order chi connectivity index (χ0) is 33.8. The average molecular weight is 653 g/mol. The van der Waals surface area contributed by atoms with Gasteiger partial charge in [-0.3, -0.25) is 0 Å². The molecule has 1 heterocycles. The molecule has 5 aliphatic carbocycles. The molecule has 0 aromatic rings. The molecule has 1 unspecified atom stereocenters. The van der Waals surface area contributed by atoms with E-state index in [9.17, 15) is 40.9 Å². The maximum atomic E-state index is 12.2. The number of aliphatic hydroxyl groups excluding tert-OH is 8. The van der Waals surface area contributed by atoms with Gasteiger partial charge in [0.2, 0.25) is 0 Å². The van der Waals surface area contributed by atoms with Crippen LogP contribution in [0, 0.1) is 50.2 Å². The minimum atomic E-state index is -1.55. The first kappa shape index (κ1) is 35.2. The summed E-state index contributed by atoms with van der Waals surface area (Å²) in [4.78, 5) is 0. The van der Waals surface area contributed by atoms with Crippen molar-refractivity contribution in [3.05, 3.63) is 11.6 Å². The molecule has 0 aromatic carbocycles. The van der Waals surface area contributed by atoms with Gasteiger partial charge in [0.1, 0.15) is 24.4 Å². The Balaban J connectivity index is 1.34. The van der Waals surface area contributed by atoms with Crippen molar-refractivity contribution in [1.29, 1.82) is 0 Å². The highest BCUT2D eigenvalue weighted by atomic mass is 16.7. The number of hydrogen-bond donors (Lipinski definition) is 8. The van der Waals surface area contributed by atoms with Crippen molar-refractivity contribution in [3.63, 3.8) is 0 Å². The maximum Gasteiger partial charge on any atom is 0.186 e. The lowest BCUT2D eigenvalue weighted by molar-refractivity contribution is -0.329. The first-order chi connectivity index (χ1) is 21.4. The summed E-state index contributed by atoms with van der Waals surface area (Å²) < 4.78 is 12.1. The largest absolute Gasteiger partial charge is 0.396 e. The fourth-order valence-corrected chi connectivity index (χ4v) is 12.3. The molecular weight excluding hydrogens is 592 g/mol. The lowest BCUT2D eigenvalue weighted by Crippen LogP contribution is -2.68. The molecule has 46 heavy (non-hydrogen) atoms. The first-order valence-corrected chi connectivity index (χ1v) is 17.6. The van der Waals surface area contributed by atoms with Crippen molar-refractivity contribution in [3.8, 4) is 0 Å². The SMILES string of the molecule is CC1(C)C[C@H]2C3=CC[C@@H]4[C@@]5(C)CC[C@H](O)[C@@](C)(CO)[C@@H]5CC[C@@]4(C)[C@]3(C)C[C@H](O)[C@@]2(CO)CC1O[C@@H]1O[C@H](CO)[C@@H](O)[C@H](O)[C@H]1O. The second-order valence-corrected chi connectivity index (χ2v) is 17.9. The Bertz CT molecular complexity index is 1190. The van der Waals surface area contributed by atoms with Gasteiger partial charge in [-0.1, -0.05) is 53.2 Å². The number of rotatable bonds is 5. The van der Waals surface area contributed by atoms with Crippen molar-refractivity contribution < 1.29 is 50.3 Å². The Kier molecular flexibility index (Phi) is 8.74. The molecule has 6 aliphatic rings. The van der Waals surface area contributed by atoms with Crippen LogP contribution in [0.1, 0.15) is 92.9 Å². The fraction of sp³-hybridized carbons (Fsp3) is 0.944. The Morgan fingerprint density at radius 3 is 2.11 bits per heavy atom. The number of ether oxygens (including phenoxy) is 2. The van der Waals surface area contributed by atoms with E-state index in [2.05, 4.69) is 47.6 Å². The fourth-order valence-electron chi connectivity index (χ4n) is 12.3. The third kappa shape index (κ3) is 4.57. The third-order valence-electron chi connectivity index (χ3n) is 15.6. The molecule has 16 atom stereocenters. The molecular formula is C36H60O10. The predicted molar refractivity (Wildman–Crippen MR) is 169 cm³/mol. The summed E-state index contributed by atoms with van der Waals surface area (Å²) in [5.74, 6) is 0.415. The molecule has 0 amide bonds. The highest BCUT2D eigenvalue weighted by molar-refractivity contribution is 5.35. The molecule has 5 fully saturated rings. The van der Waals surface area contributed by atoms with E-state index < -0.39 is 71.9 Å². The van der Waals surface area contributed by atoms with E-state index in [-0.39, 0.29) is 41.3 Å². The molecule has 6 rings (SSSR count). The van der Waals surface area contributed by atoms with Crippen molar-refractivity contribution in [1.82, 2.24) is 0 Å². The quantitative estimate of drug-likeness (QED) is 0.161. The van der Waals surface area contributed by atoms with Gasteiger partial charge in [0.25, 0.3) is 0 Å². The van der Waals surface area contributed by atoms with E-state index in [1.54, 1.807) is 0 Å². The van der Waals surface area contributed by atoms with Gasteiger partial charge in [-0.05, 0) is 90.8 Å². The van der Waals surface area contributed by atoms with Crippen LogP contribution >= 0.6 is 0 Å². The van der Waals surface area contributed by atoms with Crippen LogP contribution in [-0.4, -0.2) is 110 Å². The Morgan fingerprint density at radius 2 is 1.48 bits per heavy atom. The van der Waals surface area contributed by atoms with Crippen molar-refractivity contribution >= 4 is 0 Å². The number of allylic oxidation sites excluding steroid dienone is 2. The molecule has 0 radical (unpaired) electrons. The van der Waals surface area contributed by atoms with E-state index in [1.165, 1.54) is 5.57 Å². The van der Waals surface area contributed by atoms with Crippen LogP contribution < -0.4 is 0 Å². The minimum Gasteiger partial charge on any atom is -0.396 e. The highest BCUT2D eigenvalue weighted by Crippen LogP contribution is 2.75. The summed E-state index contributed by atoms with van der Waals surface area (Å²) in [7, 11) is 0. The minimum absolute atomic E-state index is 0.0303. The molecule has 4 saturated carbocycles. The Labute approximate surface area is 273 Å².